The maximum atomic E-state index is 12.8. The van der Waals surface area contributed by atoms with E-state index in [1.165, 1.54) is 12.4 Å². The number of aromatic nitrogens is 5. The summed E-state index contributed by atoms with van der Waals surface area (Å²) in [6, 6.07) is 0.737. The lowest BCUT2D eigenvalue weighted by atomic mass is 10.2. The zero-order chi connectivity index (χ0) is 24.3. The Morgan fingerprint density at radius 2 is 1.25 bits per heavy atom. The Bertz CT molecular complexity index is 1140. The first-order valence-electron chi connectivity index (χ1n) is 7.67. The molecule has 11 nitrogen and oxygen atoms in total. The highest BCUT2D eigenvalue weighted by Crippen LogP contribution is 2.35. The molecule has 18 heteroatoms. The van der Waals surface area contributed by atoms with Gasteiger partial charge in [-0.15, -0.1) is 4.80 Å². The summed E-state index contributed by atoms with van der Waals surface area (Å²) in [4.78, 5) is 25.8. The summed E-state index contributed by atoms with van der Waals surface area (Å²) in [5.74, 6) is -0.613. The minimum absolute atomic E-state index is 0.343. The van der Waals surface area contributed by atoms with Crippen molar-refractivity contribution in [2.75, 3.05) is 0 Å². The molecular formula is C14H6ClF6N7O4. The van der Waals surface area contributed by atoms with Crippen LogP contribution in [0.2, 0.25) is 5.15 Å². The summed E-state index contributed by atoms with van der Waals surface area (Å²) < 4.78 is 74.7. The lowest BCUT2D eigenvalue weighted by Crippen LogP contribution is -2.14. The van der Waals surface area contributed by atoms with Crippen LogP contribution in [0, 0.1) is 20.2 Å². The second-order valence-electron chi connectivity index (χ2n) is 5.42. The molecule has 0 aromatic carbocycles. The molecule has 0 aliphatic carbocycles. The standard InChI is InChI=1S/C8H4F3N5O2.C6H2ClF3N2O2/c9-8(10,11)6-3-5(16(17)18)4-12-7(6)15-13-1-2-14-15;7-5-4(6(8,9)10)1-3(2-11-5)12(13)14/h1-4H;1-2H. The molecule has 3 rings (SSSR count). The van der Waals surface area contributed by atoms with Gasteiger partial charge in [-0.2, -0.15) is 36.5 Å². The number of halogens is 7. The molecule has 0 unspecified atom stereocenters. The molecule has 0 saturated carbocycles. The summed E-state index contributed by atoms with van der Waals surface area (Å²) in [5.41, 5.74) is -4.08. The normalized spacial score (nSPS) is 11.5. The van der Waals surface area contributed by atoms with Crippen molar-refractivity contribution in [3.63, 3.8) is 0 Å². The second kappa shape index (κ2) is 9.08. The third-order valence-corrected chi connectivity index (χ3v) is 3.62. The lowest BCUT2D eigenvalue weighted by Gasteiger charge is -2.10. The molecule has 0 aliphatic rings. The molecule has 0 bridgehead atoms. The molecular weight excluding hydrogens is 480 g/mol. The van der Waals surface area contributed by atoms with Crippen LogP contribution in [0.3, 0.4) is 0 Å². The molecule has 0 saturated heterocycles. The molecule has 0 aliphatic heterocycles. The fourth-order valence-corrected chi connectivity index (χ4v) is 2.19. The van der Waals surface area contributed by atoms with E-state index < -0.39 is 55.7 Å². The van der Waals surface area contributed by atoms with E-state index in [-0.39, 0.29) is 0 Å². The SMILES string of the molecule is O=[N+]([O-])c1cnc(-n2nccn2)c(C(F)(F)F)c1.O=[N+]([O-])c1cnc(Cl)c(C(F)(F)F)c1. The van der Waals surface area contributed by atoms with E-state index in [0.717, 1.165) is 0 Å². The van der Waals surface area contributed by atoms with E-state index in [0.29, 0.717) is 29.3 Å². The van der Waals surface area contributed by atoms with Crippen LogP contribution in [-0.4, -0.2) is 34.8 Å². The van der Waals surface area contributed by atoms with Crippen LogP contribution in [0.1, 0.15) is 11.1 Å². The van der Waals surface area contributed by atoms with Gasteiger partial charge < -0.3 is 0 Å². The van der Waals surface area contributed by atoms with E-state index in [2.05, 4.69) is 20.2 Å². The van der Waals surface area contributed by atoms with Crippen LogP contribution >= 0.6 is 11.6 Å². The number of hydrogen-bond donors (Lipinski definition) is 0. The van der Waals surface area contributed by atoms with Gasteiger partial charge in [0.15, 0.2) is 5.82 Å². The number of rotatable bonds is 3. The van der Waals surface area contributed by atoms with Crippen molar-refractivity contribution in [2.45, 2.75) is 12.4 Å². The fourth-order valence-electron chi connectivity index (χ4n) is 1.98. The van der Waals surface area contributed by atoms with Crippen LogP contribution < -0.4 is 0 Å². The summed E-state index contributed by atoms with van der Waals surface area (Å²) in [6.07, 6.45) is -5.81. The molecule has 3 aromatic rings. The van der Waals surface area contributed by atoms with Gasteiger partial charge in [-0.1, -0.05) is 11.6 Å². The number of nitro groups is 2. The lowest BCUT2D eigenvalue weighted by molar-refractivity contribution is -0.385. The van der Waals surface area contributed by atoms with Gasteiger partial charge in [0.2, 0.25) is 0 Å². The first-order valence-corrected chi connectivity index (χ1v) is 8.05. The Morgan fingerprint density at radius 1 is 0.812 bits per heavy atom. The zero-order valence-corrected chi connectivity index (χ0v) is 15.6. The predicted molar refractivity (Wildman–Crippen MR) is 91.7 cm³/mol. The molecule has 0 atom stereocenters. The highest BCUT2D eigenvalue weighted by molar-refractivity contribution is 6.30. The van der Waals surface area contributed by atoms with Gasteiger partial charge in [-0.05, 0) is 0 Å². The monoisotopic (exact) mass is 485 g/mol. The molecule has 3 aromatic heterocycles. The van der Waals surface area contributed by atoms with E-state index in [1.54, 1.807) is 0 Å². The Morgan fingerprint density at radius 3 is 1.69 bits per heavy atom. The Balaban J connectivity index is 0.000000235. The van der Waals surface area contributed by atoms with Gasteiger partial charge in [0, 0.05) is 12.1 Å². The number of alkyl halides is 6. The van der Waals surface area contributed by atoms with Crippen molar-refractivity contribution in [2.24, 2.45) is 0 Å². The highest BCUT2D eigenvalue weighted by Gasteiger charge is 2.37. The fraction of sp³-hybridized carbons (Fsp3) is 0.143. The topological polar surface area (TPSA) is 143 Å². The number of hydrogen-bond acceptors (Lipinski definition) is 8. The van der Waals surface area contributed by atoms with Crippen LogP contribution in [0.5, 0.6) is 0 Å². The van der Waals surface area contributed by atoms with Gasteiger partial charge in [0.1, 0.15) is 23.1 Å². The molecule has 0 radical (unpaired) electrons. The maximum Gasteiger partial charge on any atom is 0.420 e. The first kappa shape index (κ1) is 24.4. The van der Waals surface area contributed by atoms with Crippen molar-refractivity contribution < 1.29 is 36.2 Å². The van der Waals surface area contributed by atoms with E-state index in [9.17, 15) is 46.6 Å². The van der Waals surface area contributed by atoms with Gasteiger partial charge in [-0.3, -0.25) is 20.2 Å². The first-order chi connectivity index (χ1) is 14.7. The average Bonchev–Trinajstić information content (AvgIpc) is 3.21. The number of pyridine rings is 2. The molecule has 0 fully saturated rings. The Labute approximate surface area is 176 Å². The third-order valence-electron chi connectivity index (χ3n) is 3.32. The van der Waals surface area contributed by atoms with Crippen LogP contribution in [0.4, 0.5) is 37.7 Å². The molecule has 0 amide bonds. The van der Waals surface area contributed by atoms with E-state index in [1.807, 2.05) is 0 Å². The zero-order valence-electron chi connectivity index (χ0n) is 14.9. The van der Waals surface area contributed by atoms with Gasteiger partial charge in [0.05, 0.1) is 27.8 Å². The van der Waals surface area contributed by atoms with Crippen molar-refractivity contribution in [3.05, 3.63) is 73.4 Å². The van der Waals surface area contributed by atoms with Crippen molar-refractivity contribution in [1.29, 1.82) is 0 Å². The van der Waals surface area contributed by atoms with E-state index in [4.69, 9.17) is 11.6 Å². The molecule has 170 valence electrons. The van der Waals surface area contributed by atoms with Crippen molar-refractivity contribution in [1.82, 2.24) is 25.0 Å². The minimum Gasteiger partial charge on any atom is -0.258 e. The highest BCUT2D eigenvalue weighted by atomic mass is 35.5. The van der Waals surface area contributed by atoms with Crippen LogP contribution in [0.25, 0.3) is 5.82 Å². The van der Waals surface area contributed by atoms with Gasteiger partial charge in [0.25, 0.3) is 11.4 Å². The van der Waals surface area contributed by atoms with Gasteiger partial charge in [-0.25, -0.2) is 9.97 Å². The molecule has 3 heterocycles. The third kappa shape index (κ3) is 5.84. The minimum atomic E-state index is -4.79. The summed E-state index contributed by atoms with van der Waals surface area (Å²) >= 11 is 5.13. The largest absolute Gasteiger partial charge is 0.420 e. The second-order valence-corrected chi connectivity index (χ2v) is 5.78. The van der Waals surface area contributed by atoms with E-state index >= 15 is 0 Å². The quantitative estimate of drug-likeness (QED) is 0.232. The maximum absolute atomic E-state index is 12.8. The predicted octanol–water partition coefficient (Wildman–Crippen LogP) is 4.25. The smallest absolute Gasteiger partial charge is 0.258 e. The summed E-state index contributed by atoms with van der Waals surface area (Å²) in [6.45, 7) is 0. The van der Waals surface area contributed by atoms with Crippen LogP contribution in [0.15, 0.2) is 36.9 Å². The van der Waals surface area contributed by atoms with Gasteiger partial charge >= 0.3 is 12.4 Å². The number of nitrogens with zero attached hydrogens (tertiary/aromatic N) is 7. The van der Waals surface area contributed by atoms with Crippen LogP contribution in [-0.2, 0) is 12.4 Å². The molecule has 32 heavy (non-hydrogen) atoms. The summed E-state index contributed by atoms with van der Waals surface area (Å²) in [7, 11) is 0. The molecule has 0 N–H and O–H groups in total. The average molecular weight is 486 g/mol. The Kier molecular flexibility index (Phi) is 6.92. The Hall–Kier alpha value is -3.89. The van der Waals surface area contributed by atoms with Crippen molar-refractivity contribution in [3.8, 4) is 5.82 Å². The molecule has 0 spiro atoms. The summed E-state index contributed by atoms with van der Waals surface area (Å²) in [5, 5.41) is 26.8. The van der Waals surface area contributed by atoms with Crippen molar-refractivity contribution >= 4 is 23.0 Å².